The van der Waals surface area contributed by atoms with Crippen LogP contribution in [0.15, 0.2) is 30.3 Å². The molecule has 0 saturated heterocycles. The zero-order valence-corrected chi connectivity index (χ0v) is 14.3. The lowest BCUT2D eigenvalue weighted by molar-refractivity contribution is -0.141. The van der Waals surface area contributed by atoms with Crippen LogP contribution in [0.2, 0.25) is 0 Å². The SMILES string of the molecule is CCC(=O)N(Cc1ccccc1)C(CC)C(=O)NC1CCCC1. The van der Waals surface area contributed by atoms with Gasteiger partial charge in [-0.2, -0.15) is 0 Å². The lowest BCUT2D eigenvalue weighted by atomic mass is 10.1. The molecule has 0 radical (unpaired) electrons. The van der Waals surface area contributed by atoms with E-state index in [4.69, 9.17) is 0 Å². The zero-order valence-electron chi connectivity index (χ0n) is 14.3. The van der Waals surface area contributed by atoms with Crippen LogP contribution in [0.1, 0.15) is 57.9 Å². The normalized spacial score (nSPS) is 16.1. The third kappa shape index (κ3) is 4.81. The fourth-order valence-corrected chi connectivity index (χ4v) is 3.27. The summed E-state index contributed by atoms with van der Waals surface area (Å²) in [7, 11) is 0. The van der Waals surface area contributed by atoms with Crippen LogP contribution >= 0.6 is 0 Å². The highest BCUT2D eigenvalue weighted by molar-refractivity contribution is 5.87. The van der Waals surface area contributed by atoms with Crippen molar-refractivity contribution in [3.05, 3.63) is 35.9 Å². The number of nitrogens with zero attached hydrogens (tertiary/aromatic N) is 1. The Bertz CT molecular complexity index is 509. The summed E-state index contributed by atoms with van der Waals surface area (Å²) in [6, 6.07) is 9.77. The van der Waals surface area contributed by atoms with Gasteiger partial charge in [-0.15, -0.1) is 0 Å². The second-order valence-corrected chi connectivity index (χ2v) is 6.27. The topological polar surface area (TPSA) is 49.4 Å². The van der Waals surface area contributed by atoms with E-state index < -0.39 is 0 Å². The average molecular weight is 316 g/mol. The van der Waals surface area contributed by atoms with Gasteiger partial charge in [-0.25, -0.2) is 0 Å². The maximum Gasteiger partial charge on any atom is 0.243 e. The van der Waals surface area contributed by atoms with Crippen LogP contribution in [0.4, 0.5) is 0 Å². The molecule has 1 N–H and O–H groups in total. The van der Waals surface area contributed by atoms with Crippen molar-refractivity contribution in [2.24, 2.45) is 0 Å². The Balaban J connectivity index is 2.10. The van der Waals surface area contributed by atoms with Gasteiger partial charge in [0.05, 0.1) is 0 Å². The van der Waals surface area contributed by atoms with Crippen LogP contribution in [-0.2, 0) is 16.1 Å². The summed E-state index contributed by atoms with van der Waals surface area (Å²) in [5.41, 5.74) is 1.06. The molecule has 4 nitrogen and oxygen atoms in total. The van der Waals surface area contributed by atoms with E-state index in [0.29, 0.717) is 19.4 Å². The molecule has 1 aliphatic carbocycles. The van der Waals surface area contributed by atoms with E-state index >= 15 is 0 Å². The van der Waals surface area contributed by atoms with Gasteiger partial charge in [-0.05, 0) is 24.8 Å². The second-order valence-electron chi connectivity index (χ2n) is 6.27. The lowest BCUT2D eigenvalue weighted by Gasteiger charge is -2.31. The van der Waals surface area contributed by atoms with Gasteiger partial charge in [-0.3, -0.25) is 9.59 Å². The molecule has 0 bridgehead atoms. The molecule has 1 unspecified atom stereocenters. The summed E-state index contributed by atoms with van der Waals surface area (Å²) >= 11 is 0. The minimum Gasteiger partial charge on any atom is -0.352 e. The number of nitrogens with one attached hydrogen (secondary N) is 1. The molecular formula is C19H28N2O2. The first-order valence-corrected chi connectivity index (χ1v) is 8.79. The fourth-order valence-electron chi connectivity index (χ4n) is 3.27. The molecular weight excluding hydrogens is 288 g/mol. The Morgan fingerprint density at radius 3 is 2.39 bits per heavy atom. The van der Waals surface area contributed by atoms with E-state index in [0.717, 1.165) is 18.4 Å². The van der Waals surface area contributed by atoms with Crippen molar-refractivity contribution in [3.8, 4) is 0 Å². The maximum absolute atomic E-state index is 12.7. The number of rotatable bonds is 7. The molecule has 0 heterocycles. The Hall–Kier alpha value is -1.84. The van der Waals surface area contributed by atoms with E-state index in [1.807, 2.05) is 44.2 Å². The quantitative estimate of drug-likeness (QED) is 0.839. The molecule has 1 saturated carbocycles. The van der Waals surface area contributed by atoms with Gasteiger partial charge in [-0.1, -0.05) is 57.0 Å². The highest BCUT2D eigenvalue weighted by Gasteiger charge is 2.29. The summed E-state index contributed by atoms with van der Waals surface area (Å²) in [5.74, 6) is 0.0272. The van der Waals surface area contributed by atoms with Gasteiger partial charge < -0.3 is 10.2 Å². The Labute approximate surface area is 139 Å². The smallest absolute Gasteiger partial charge is 0.243 e. The molecule has 1 aromatic carbocycles. The summed E-state index contributed by atoms with van der Waals surface area (Å²) in [5, 5.41) is 3.14. The molecule has 4 heteroatoms. The highest BCUT2D eigenvalue weighted by atomic mass is 16.2. The predicted octanol–water partition coefficient (Wildman–Crippen LogP) is 3.26. The largest absolute Gasteiger partial charge is 0.352 e. The maximum atomic E-state index is 12.7. The Kier molecular flexibility index (Phi) is 6.63. The molecule has 126 valence electrons. The third-order valence-corrected chi connectivity index (χ3v) is 4.59. The highest BCUT2D eigenvalue weighted by Crippen LogP contribution is 2.19. The van der Waals surface area contributed by atoms with Crippen LogP contribution in [0.5, 0.6) is 0 Å². The van der Waals surface area contributed by atoms with Crippen molar-refractivity contribution in [2.45, 2.75) is 71.0 Å². The molecule has 2 rings (SSSR count). The average Bonchev–Trinajstić information content (AvgIpc) is 3.07. The number of benzene rings is 1. The van der Waals surface area contributed by atoms with Crippen LogP contribution in [-0.4, -0.2) is 28.8 Å². The summed E-state index contributed by atoms with van der Waals surface area (Å²) in [6.07, 6.45) is 5.54. The first kappa shape index (κ1) is 17.5. The van der Waals surface area contributed by atoms with Gasteiger partial charge in [0.25, 0.3) is 0 Å². The fraction of sp³-hybridized carbons (Fsp3) is 0.579. The van der Waals surface area contributed by atoms with E-state index in [1.54, 1.807) is 4.90 Å². The second kappa shape index (κ2) is 8.70. The molecule has 0 aromatic heterocycles. The van der Waals surface area contributed by atoms with Gasteiger partial charge in [0.1, 0.15) is 6.04 Å². The van der Waals surface area contributed by atoms with E-state index in [1.165, 1.54) is 12.8 Å². The lowest BCUT2D eigenvalue weighted by Crippen LogP contribution is -2.50. The minimum absolute atomic E-state index is 0.00266. The number of carbonyl (C=O) groups is 2. The van der Waals surface area contributed by atoms with Crippen molar-refractivity contribution in [1.29, 1.82) is 0 Å². The summed E-state index contributed by atoms with van der Waals surface area (Å²) < 4.78 is 0. The van der Waals surface area contributed by atoms with Crippen molar-refractivity contribution < 1.29 is 9.59 Å². The number of hydrogen-bond acceptors (Lipinski definition) is 2. The molecule has 1 aliphatic rings. The molecule has 23 heavy (non-hydrogen) atoms. The monoisotopic (exact) mass is 316 g/mol. The Morgan fingerprint density at radius 1 is 1.17 bits per heavy atom. The van der Waals surface area contributed by atoms with Crippen molar-refractivity contribution in [3.63, 3.8) is 0 Å². The van der Waals surface area contributed by atoms with Crippen LogP contribution in [0, 0.1) is 0 Å². The van der Waals surface area contributed by atoms with Crippen LogP contribution in [0.3, 0.4) is 0 Å². The third-order valence-electron chi connectivity index (χ3n) is 4.59. The van der Waals surface area contributed by atoms with Gasteiger partial charge in [0, 0.05) is 19.0 Å². The molecule has 1 aromatic rings. The number of amides is 2. The molecule has 2 amide bonds. The van der Waals surface area contributed by atoms with Gasteiger partial charge >= 0.3 is 0 Å². The zero-order chi connectivity index (χ0) is 16.7. The standard InChI is InChI=1S/C19H28N2O2/c1-3-17(19(23)20-16-12-8-9-13-16)21(18(22)4-2)14-15-10-6-5-7-11-15/h5-7,10-11,16-17H,3-4,8-9,12-14H2,1-2H3,(H,20,23). The first-order valence-electron chi connectivity index (χ1n) is 8.79. The summed E-state index contributed by atoms with van der Waals surface area (Å²) in [6.45, 7) is 4.31. The number of carbonyl (C=O) groups excluding carboxylic acids is 2. The molecule has 0 aliphatic heterocycles. The van der Waals surface area contributed by atoms with Crippen LogP contribution in [0.25, 0.3) is 0 Å². The molecule has 1 fully saturated rings. The van der Waals surface area contributed by atoms with Gasteiger partial charge in [0.15, 0.2) is 0 Å². The van der Waals surface area contributed by atoms with Crippen molar-refractivity contribution in [1.82, 2.24) is 10.2 Å². The number of hydrogen-bond donors (Lipinski definition) is 1. The molecule has 1 atom stereocenters. The first-order chi connectivity index (χ1) is 11.2. The van der Waals surface area contributed by atoms with Gasteiger partial charge in [0.2, 0.25) is 11.8 Å². The minimum atomic E-state index is -0.386. The van der Waals surface area contributed by atoms with Crippen LogP contribution < -0.4 is 5.32 Å². The van der Waals surface area contributed by atoms with E-state index in [-0.39, 0.29) is 23.9 Å². The van der Waals surface area contributed by atoms with E-state index in [9.17, 15) is 9.59 Å². The van der Waals surface area contributed by atoms with E-state index in [2.05, 4.69) is 5.32 Å². The molecule has 0 spiro atoms. The van der Waals surface area contributed by atoms with Crippen molar-refractivity contribution in [2.75, 3.05) is 0 Å². The Morgan fingerprint density at radius 2 is 1.83 bits per heavy atom. The predicted molar refractivity (Wildman–Crippen MR) is 91.8 cm³/mol. The van der Waals surface area contributed by atoms with Crippen molar-refractivity contribution >= 4 is 11.8 Å². The summed E-state index contributed by atoms with van der Waals surface area (Å²) in [4.78, 5) is 26.8.